The van der Waals surface area contributed by atoms with Gasteiger partial charge in [-0.25, -0.2) is 29.1 Å². The average Bonchev–Trinajstić information content (AvgIpc) is 3.37. The largest absolute Gasteiger partial charge is 0.480 e. The normalized spacial score (nSPS) is 12.6. The number of rotatable bonds is 10. The minimum Gasteiger partial charge on any atom is -0.480 e. The molecule has 0 aliphatic carbocycles. The van der Waals surface area contributed by atoms with E-state index in [1.165, 1.54) is 43.0 Å². The van der Waals surface area contributed by atoms with Crippen molar-refractivity contribution in [1.82, 2.24) is 24.9 Å². The van der Waals surface area contributed by atoms with E-state index in [1.54, 1.807) is 19.9 Å². The van der Waals surface area contributed by atoms with Crippen molar-refractivity contribution in [2.24, 2.45) is 0 Å². The van der Waals surface area contributed by atoms with Crippen LogP contribution in [0.1, 0.15) is 19.4 Å². The van der Waals surface area contributed by atoms with Gasteiger partial charge in [-0.3, -0.25) is 5.32 Å². The van der Waals surface area contributed by atoms with Crippen LogP contribution in [-0.2, 0) is 4.74 Å². The molecule has 5 rings (SSSR count). The third-order valence-corrected chi connectivity index (χ3v) is 7.09. The zero-order valence-corrected chi connectivity index (χ0v) is 23.9. The van der Waals surface area contributed by atoms with Gasteiger partial charge in [-0.1, -0.05) is 11.3 Å². The number of thiazole rings is 1. The molecule has 14 heteroatoms. The molecule has 0 aliphatic heterocycles. The summed E-state index contributed by atoms with van der Waals surface area (Å²) in [4.78, 5) is 34.8. The first-order chi connectivity index (χ1) is 20.2. The van der Waals surface area contributed by atoms with E-state index < -0.39 is 24.1 Å². The Hall–Kier alpha value is -4.69. The number of pyridine rings is 2. The van der Waals surface area contributed by atoms with Crippen LogP contribution in [0.25, 0.3) is 32.0 Å². The minimum absolute atomic E-state index is 0.0686. The Morgan fingerprint density at radius 3 is 2.69 bits per heavy atom. The maximum Gasteiger partial charge on any atom is 0.412 e. The van der Waals surface area contributed by atoms with Gasteiger partial charge in [0.2, 0.25) is 11.8 Å². The lowest BCUT2D eigenvalue weighted by atomic mass is 10.1. The molecule has 1 amide bonds. The van der Waals surface area contributed by atoms with Gasteiger partial charge in [0.05, 0.1) is 36.6 Å². The van der Waals surface area contributed by atoms with Gasteiger partial charge in [0, 0.05) is 23.9 Å². The first-order valence-corrected chi connectivity index (χ1v) is 13.7. The van der Waals surface area contributed by atoms with Gasteiger partial charge in [-0.05, 0) is 44.5 Å². The number of carbonyl (C=O) groups is 1. The summed E-state index contributed by atoms with van der Waals surface area (Å²) in [7, 11) is 1.53. The molecule has 2 N–H and O–H groups in total. The first kappa shape index (κ1) is 28.8. The Kier molecular flexibility index (Phi) is 8.54. The van der Waals surface area contributed by atoms with Gasteiger partial charge in [0.1, 0.15) is 34.2 Å². The molecule has 0 spiro atoms. The predicted molar refractivity (Wildman–Crippen MR) is 154 cm³/mol. The SMILES string of the molecule is COc1cnc2c(-c3nc4cc(F)c(O[C@@H](C)[C@@H](C)OC(=O)Nc5ccnc(OCCO)c5)nc4s3)cc(C)cc2n1. The number of hydrogen-bond donors (Lipinski definition) is 2. The van der Waals surface area contributed by atoms with Gasteiger partial charge in [0.25, 0.3) is 5.88 Å². The van der Waals surface area contributed by atoms with E-state index in [4.69, 9.17) is 24.1 Å². The van der Waals surface area contributed by atoms with Crippen LogP contribution in [0.3, 0.4) is 0 Å². The summed E-state index contributed by atoms with van der Waals surface area (Å²) >= 11 is 1.27. The number of fused-ring (bicyclic) bond motifs is 2. The monoisotopic (exact) mass is 594 g/mol. The van der Waals surface area contributed by atoms with Crippen molar-refractivity contribution in [2.45, 2.75) is 33.0 Å². The molecule has 12 nitrogen and oxygen atoms in total. The van der Waals surface area contributed by atoms with E-state index in [-0.39, 0.29) is 25.0 Å². The van der Waals surface area contributed by atoms with Crippen LogP contribution >= 0.6 is 11.3 Å². The molecule has 5 aromatic rings. The molecule has 0 radical (unpaired) electrons. The highest BCUT2D eigenvalue weighted by atomic mass is 32.1. The molecule has 0 bridgehead atoms. The minimum atomic E-state index is -0.764. The van der Waals surface area contributed by atoms with Crippen molar-refractivity contribution in [2.75, 3.05) is 25.6 Å². The number of hydrogen-bond acceptors (Lipinski definition) is 12. The van der Waals surface area contributed by atoms with Crippen LogP contribution in [0, 0.1) is 12.7 Å². The van der Waals surface area contributed by atoms with Crippen LogP contribution in [-0.4, -0.2) is 68.7 Å². The number of ether oxygens (including phenoxy) is 4. The molecule has 0 unspecified atom stereocenters. The van der Waals surface area contributed by atoms with E-state index in [2.05, 4.69) is 30.2 Å². The summed E-state index contributed by atoms with van der Waals surface area (Å²) < 4.78 is 36.6. The van der Waals surface area contributed by atoms with E-state index in [0.717, 1.165) is 11.1 Å². The fourth-order valence-corrected chi connectivity index (χ4v) is 4.86. The summed E-state index contributed by atoms with van der Waals surface area (Å²) in [6.45, 7) is 5.10. The number of nitrogens with zero attached hydrogens (tertiary/aromatic N) is 5. The van der Waals surface area contributed by atoms with Gasteiger partial charge in [-0.2, -0.15) is 4.98 Å². The molecule has 0 saturated carbocycles. The van der Waals surface area contributed by atoms with Crippen LogP contribution in [0.2, 0.25) is 0 Å². The van der Waals surface area contributed by atoms with Crippen LogP contribution in [0.4, 0.5) is 14.9 Å². The van der Waals surface area contributed by atoms with Crippen molar-refractivity contribution in [3.63, 3.8) is 0 Å². The molecule has 0 saturated heterocycles. The summed E-state index contributed by atoms with van der Waals surface area (Å²) in [5, 5.41) is 12.1. The van der Waals surface area contributed by atoms with E-state index in [9.17, 15) is 4.79 Å². The van der Waals surface area contributed by atoms with E-state index in [1.807, 2.05) is 19.1 Å². The first-order valence-electron chi connectivity index (χ1n) is 12.9. The fourth-order valence-electron chi connectivity index (χ4n) is 3.93. The molecule has 218 valence electrons. The van der Waals surface area contributed by atoms with Crippen molar-refractivity contribution in [3.8, 4) is 28.2 Å². The van der Waals surface area contributed by atoms with Gasteiger partial charge >= 0.3 is 6.09 Å². The Morgan fingerprint density at radius 2 is 1.90 bits per heavy atom. The second kappa shape index (κ2) is 12.4. The Balaban J connectivity index is 1.30. The molecule has 0 aliphatic rings. The van der Waals surface area contributed by atoms with Crippen molar-refractivity contribution in [3.05, 3.63) is 54.1 Å². The third kappa shape index (κ3) is 6.44. The molecule has 2 atom stereocenters. The van der Waals surface area contributed by atoms with Gasteiger partial charge in [-0.15, -0.1) is 0 Å². The third-order valence-electron chi connectivity index (χ3n) is 6.09. The highest BCUT2D eigenvalue weighted by Gasteiger charge is 2.23. The summed E-state index contributed by atoms with van der Waals surface area (Å²) in [5.74, 6) is -0.305. The second-order valence-electron chi connectivity index (χ2n) is 9.22. The number of anilines is 1. The topological polar surface area (TPSA) is 151 Å². The maximum absolute atomic E-state index is 15.0. The Labute approximate surface area is 243 Å². The molecule has 1 aromatic carbocycles. The zero-order chi connectivity index (χ0) is 29.8. The number of aromatic nitrogens is 5. The number of carbonyl (C=O) groups excluding carboxylic acids is 1. The number of aliphatic hydroxyl groups is 1. The van der Waals surface area contributed by atoms with E-state index >= 15 is 4.39 Å². The number of amides is 1. The Bertz CT molecular complexity index is 1750. The summed E-state index contributed by atoms with van der Waals surface area (Å²) in [6.07, 6.45) is 0.721. The van der Waals surface area contributed by atoms with Crippen LogP contribution in [0.5, 0.6) is 17.6 Å². The molecular formula is C28H27FN6O6S. The zero-order valence-electron chi connectivity index (χ0n) is 23.1. The molecular weight excluding hydrogens is 567 g/mol. The maximum atomic E-state index is 15.0. The highest BCUT2D eigenvalue weighted by molar-refractivity contribution is 7.21. The van der Waals surface area contributed by atoms with Crippen LogP contribution < -0.4 is 19.5 Å². The van der Waals surface area contributed by atoms with Crippen molar-refractivity contribution >= 4 is 44.5 Å². The Morgan fingerprint density at radius 1 is 1.07 bits per heavy atom. The lowest BCUT2D eigenvalue weighted by Gasteiger charge is -2.21. The number of aliphatic hydroxyl groups excluding tert-OH is 1. The lowest BCUT2D eigenvalue weighted by molar-refractivity contribution is 0.0379. The lowest BCUT2D eigenvalue weighted by Crippen LogP contribution is -2.33. The number of aryl methyl sites for hydroxylation is 1. The number of methoxy groups -OCH3 is 1. The van der Waals surface area contributed by atoms with E-state index in [0.29, 0.717) is 38.0 Å². The number of halogens is 1. The average molecular weight is 595 g/mol. The van der Waals surface area contributed by atoms with Gasteiger partial charge < -0.3 is 24.1 Å². The number of nitrogens with one attached hydrogen (secondary N) is 1. The quantitative estimate of drug-likeness (QED) is 0.227. The van der Waals surface area contributed by atoms with Crippen molar-refractivity contribution < 1.29 is 33.2 Å². The molecule has 42 heavy (non-hydrogen) atoms. The molecule has 0 fully saturated rings. The second-order valence-corrected chi connectivity index (χ2v) is 10.2. The predicted octanol–water partition coefficient (Wildman–Crippen LogP) is 4.93. The van der Waals surface area contributed by atoms with Gasteiger partial charge in [0.15, 0.2) is 5.82 Å². The summed E-state index contributed by atoms with van der Waals surface area (Å²) in [6, 6.07) is 8.14. The smallest absolute Gasteiger partial charge is 0.412 e. The highest BCUT2D eigenvalue weighted by Crippen LogP contribution is 2.35. The van der Waals surface area contributed by atoms with Crippen LogP contribution in [0.15, 0.2) is 42.7 Å². The van der Waals surface area contributed by atoms with Crippen molar-refractivity contribution in [1.29, 1.82) is 0 Å². The molecule has 4 aromatic heterocycles. The summed E-state index contributed by atoms with van der Waals surface area (Å²) in [5.41, 5.74) is 3.73. The standard InChI is InChI=1S/C28H27FN6O6S/c1-14-9-18(24-20(10-14)33-23(38-4)13-31-24)26-34-21-12-19(29)25(35-27(21)42-26)40-15(2)16(3)41-28(37)32-17-5-6-30-22(11-17)39-8-7-36/h5-6,9-13,15-16,36H,7-8H2,1-4H3,(H,30,32,37)/t15-,16+/m0/s1. The number of benzene rings is 1. The fraction of sp³-hybridized carbons (Fsp3) is 0.286. The molecule has 4 heterocycles.